The molecule has 0 amide bonds. The van der Waals surface area contributed by atoms with E-state index in [1.54, 1.807) is 0 Å². The quantitative estimate of drug-likeness (QED) is 0.669. The third kappa shape index (κ3) is 3.54. The van der Waals surface area contributed by atoms with Gasteiger partial charge in [0.25, 0.3) is 0 Å². The summed E-state index contributed by atoms with van der Waals surface area (Å²) in [6.07, 6.45) is -4.29. The van der Waals surface area contributed by atoms with Gasteiger partial charge in [-0.1, -0.05) is 20.8 Å². The van der Waals surface area contributed by atoms with Crippen molar-refractivity contribution in [2.45, 2.75) is 63.4 Å². The lowest BCUT2D eigenvalue weighted by Crippen LogP contribution is -2.49. The van der Waals surface area contributed by atoms with E-state index in [0.717, 1.165) is 4.57 Å². The molecular formula is C15H27N3O5Si. The van der Waals surface area contributed by atoms with Crippen LogP contribution >= 0.6 is 0 Å². The first kappa shape index (κ1) is 17.6. The Morgan fingerprint density at radius 2 is 2.17 bits per heavy atom. The van der Waals surface area contributed by atoms with E-state index < -0.39 is 45.1 Å². The fourth-order valence-corrected chi connectivity index (χ4v) is 3.44. The summed E-state index contributed by atoms with van der Waals surface area (Å²) in [6.45, 7) is 9.42. The third-order valence-electron chi connectivity index (χ3n) is 4.70. The van der Waals surface area contributed by atoms with Crippen LogP contribution in [0.25, 0.3) is 0 Å². The molecule has 0 spiro atoms. The molecule has 24 heavy (non-hydrogen) atoms. The minimum absolute atomic E-state index is 0.0564. The predicted molar refractivity (Wildman–Crippen MR) is 92.0 cm³/mol. The Bertz CT molecular complexity index is 688. The highest BCUT2D eigenvalue weighted by Gasteiger charge is 2.50. The Kier molecular flexibility index (Phi) is 4.80. The largest absolute Gasteiger partial charge is 0.407 e. The molecule has 1 aliphatic rings. The Balaban J connectivity index is 2.48. The van der Waals surface area contributed by atoms with Crippen LogP contribution < -0.4 is 11.4 Å². The van der Waals surface area contributed by atoms with Crippen LogP contribution in [0.1, 0.15) is 28.4 Å². The zero-order valence-electron chi connectivity index (χ0n) is 15.7. The van der Waals surface area contributed by atoms with E-state index in [4.69, 9.17) is 16.3 Å². The van der Waals surface area contributed by atoms with E-state index in [0.29, 0.717) is 0 Å². The monoisotopic (exact) mass is 358 g/mol. The molecule has 0 bridgehead atoms. The summed E-state index contributed by atoms with van der Waals surface area (Å²) in [5, 5.41) is 19.9. The molecule has 0 aliphatic carbocycles. The zero-order chi connectivity index (χ0) is 19.2. The Labute approximate surface area is 143 Å². The molecule has 4 atom stereocenters. The molecule has 9 heteroatoms. The molecule has 1 aromatic heterocycles. The first-order valence-electron chi connectivity index (χ1n) is 8.32. The van der Waals surface area contributed by atoms with Gasteiger partial charge < -0.3 is 25.1 Å². The highest BCUT2D eigenvalue weighted by molar-refractivity contribution is 6.74. The molecular weight excluding hydrogens is 330 g/mol. The summed E-state index contributed by atoms with van der Waals surface area (Å²) < 4.78 is 21.2. The van der Waals surface area contributed by atoms with E-state index in [-0.39, 0.29) is 10.9 Å². The Morgan fingerprint density at radius 1 is 1.54 bits per heavy atom. The van der Waals surface area contributed by atoms with Crippen LogP contribution in [0.4, 0.5) is 5.82 Å². The first-order chi connectivity index (χ1) is 11.3. The second-order valence-corrected chi connectivity index (χ2v) is 12.2. The molecule has 1 fully saturated rings. The topological polar surface area (TPSA) is 120 Å². The molecule has 1 saturated heterocycles. The number of aromatic nitrogens is 2. The van der Waals surface area contributed by atoms with E-state index in [1.165, 1.54) is 12.3 Å². The molecule has 2 heterocycles. The van der Waals surface area contributed by atoms with Crippen LogP contribution in [-0.2, 0) is 9.16 Å². The lowest BCUT2D eigenvalue weighted by Gasteiger charge is -2.40. The summed E-state index contributed by atoms with van der Waals surface area (Å²) in [4.78, 5) is 15.8. The average molecular weight is 358 g/mol. The average Bonchev–Trinajstić information content (AvgIpc) is 2.69. The van der Waals surface area contributed by atoms with E-state index in [9.17, 15) is 15.0 Å². The SMILES string of the molecule is [2H][C@@]1(O)[C@@H](CO)O[C@@H](n2ccc(N)nc2=O)[C@@H]1O[Si](C)(C)C(C)(C)C. The van der Waals surface area contributed by atoms with Gasteiger partial charge in [-0.15, -0.1) is 0 Å². The fourth-order valence-electron chi connectivity index (χ4n) is 2.22. The highest BCUT2D eigenvalue weighted by Crippen LogP contribution is 2.41. The highest BCUT2D eigenvalue weighted by atomic mass is 28.4. The van der Waals surface area contributed by atoms with Gasteiger partial charge in [-0.2, -0.15) is 4.98 Å². The number of nitrogens with two attached hydrogens (primary N) is 1. The lowest BCUT2D eigenvalue weighted by atomic mass is 10.1. The minimum Gasteiger partial charge on any atom is -0.407 e. The number of rotatable bonds is 4. The van der Waals surface area contributed by atoms with Gasteiger partial charge in [0.2, 0.25) is 0 Å². The van der Waals surface area contributed by atoms with Crippen molar-refractivity contribution in [2.75, 3.05) is 12.3 Å². The summed E-state index contributed by atoms with van der Waals surface area (Å²) in [5.41, 5.74) is 4.83. The fraction of sp³-hybridized carbons (Fsp3) is 0.733. The van der Waals surface area contributed by atoms with Gasteiger partial charge in [0.1, 0.15) is 24.1 Å². The Hall–Kier alpha value is -1.26. The maximum Gasteiger partial charge on any atom is 0.351 e. The van der Waals surface area contributed by atoms with Crippen LogP contribution in [0.3, 0.4) is 0 Å². The molecule has 1 aliphatic heterocycles. The van der Waals surface area contributed by atoms with Gasteiger partial charge in [0.15, 0.2) is 14.5 Å². The van der Waals surface area contributed by atoms with Gasteiger partial charge in [0, 0.05) is 6.20 Å². The maximum atomic E-state index is 12.2. The van der Waals surface area contributed by atoms with Gasteiger partial charge in [-0.3, -0.25) is 4.57 Å². The van der Waals surface area contributed by atoms with Crippen LogP contribution in [0.2, 0.25) is 18.1 Å². The summed E-state index contributed by atoms with van der Waals surface area (Å²) in [5.74, 6) is 0.0564. The number of aliphatic hydroxyl groups is 2. The van der Waals surface area contributed by atoms with E-state index in [2.05, 4.69) is 4.98 Å². The smallest absolute Gasteiger partial charge is 0.351 e. The molecule has 0 aromatic carbocycles. The van der Waals surface area contributed by atoms with Crippen molar-refractivity contribution < 1.29 is 20.7 Å². The van der Waals surface area contributed by atoms with E-state index >= 15 is 0 Å². The molecule has 0 saturated carbocycles. The van der Waals surface area contributed by atoms with Gasteiger partial charge >= 0.3 is 5.69 Å². The predicted octanol–water partition coefficient (Wildman–Crippen LogP) is 0.466. The second kappa shape index (κ2) is 6.56. The van der Waals surface area contributed by atoms with Gasteiger partial charge in [-0.05, 0) is 24.2 Å². The van der Waals surface area contributed by atoms with Crippen LogP contribution in [-0.4, -0.2) is 53.0 Å². The van der Waals surface area contributed by atoms with Crippen LogP contribution in [0.15, 0.2) is 17.1 Å². The summed E-state index contributed by atoms with van der Waals surface area (Å²) in [6, 6.07) is 1.42. The molecule has 0 unspecified atom stereocenters. The summed E-state index contributed by atoms with van der Waals surface area (Å²) in [7, 11) is -2.41. The number of anilines is 1. The molecule has 4 N–H and O–H groups in total. The van der Waals surface area contributed by atoms with Crippen molar-refractivity contribution in [1.82, 2.24) is 9.55 Å². The Morgan fingerprint density at radius 3 is 2.67 bits per heavy atom. The molecule has 1 aromatic rings. The van der Waals surface area contributed by atoms with Crippen molar-refractivity contribution in [1.29, 1.82) is 0 Å². The number of nitrogen functional groups attached to an aromatic ring is 1. The number of hydrogen-bond acceptors (Lipinski definition) is 7. The minimum atomic E-state index is -2.41. The molecule has 136 valence electrons. The van der Waals surface area contributed by atoms with Crippen molar-refractivity contribution >= 4 is 14.1 Å². The summed E-state index contributed by atoms with van der Waals surface area (Å²) >= 11 is 0. The number of ether oxygens (including phenoxy) is 1. The van der Waals surface area contributed by atoms with Crippen LogP contribution in [0.5, 0.6) is 0 Å². The molecule has 8 nitrogen and oxygen atoms in total. The van der Waals surface area contributed by atoms with Crippen molar-refractivity contribution in [3.8, 4) is 0 Å². The van der Waals surface area contributed by atoms with E-state index in [1.807, 2.05) is 33.9 Å². The lowest BCUT2D eigenvalue weighted by molar-refractivity contribution is -0.0534. The van der Waals surface area contributed by atoms with Crippen molar-refractivity contribution in [3.05, 3.63) is 22.7 Å². The standard InChI is InChI=1S/C15H27N3O5Si/c1-15(2,3)24(4,5)23-12-11(20)9(8-19)22-13(12)18-7-6-10(16)17-14(18)21/h6-7,9,11-13,19-20H,8H2,1-5H3,(H2,16,17,21)/t9-,11-,12-,13-/m1/s1/i11D. The third-order valence-corrected chi connectivity index (χ3v) is 9.16. The number of aliphatic hydroxyl groups excluding tert-OH is 1. The molecule has 2 rings (SSSR count). The van der Waals surface area contributed by atoms with Gasteiger partial charge in [-0.25, -0.2) is 4.79 Å². The second-order valence-electron chi connectivity index (χ2n) is 7.46. The van der Waals surface area contributed by atoms with Crippen molar-refractivity contribution in [2.24, 2.45) is 0 Å². The van der Waals surface area contributed by atoms with Gasteiger partial charge in [0.05, 0.1) is 7.98 Å². The normalized spacial score (nSPS) is 32.0. The first-order valence-corrected chi connectivity index (χ1v) is 10.7. The molecule has 0 radical (unpaired) electrons. The zero-order valence-corrected chi connectivity index (χ0v) is 15.7. The van der Waals surface area contributed by atoms with Crippen LogP contribution in [0, 0.1) is 0 Å². The number of hydrogen-bond donors (Lipinski definition) is 3. The maximum absolute atomic E-state index is 12.2. The van der Waals surface area contributed by atoms with Crippen molar-refractivity contribution in [3.63, 3.8) is 0 Å². The number of nitrogens with zero attached hydrogens (tertiary/aromatic N) is 2.